The van der Waals surface area contributed by atoms with Gasteiger partial charge >= 0.3 is 0 Å². The third kappa shape index (κ3) is 2.98. The fourth-order valence-electron chi connectivity index (χ4n) is 2.57. The minimum absolute atomic E-state index is 0.170. The van der Waals surface area contributed by atoms with Crippen molar-refractivity contribution < 1.29 is 13.5 Å². The maximum Gasteiger partial charge on any atom is 0.152 e. The number of aliphatic hydroxyl groups is 1. The Morgan fingerprint density at radius 2 is 1.88 bits per heavy atom. The molecule has 0 spiro atoms. The normalized spacial score (nSPS) is 32.7. The van der Waals surface area contributed by atoms with Crippen LogP contribution in [0.2, 0.25) is 0 Å². The minimum Gasteiger partial charge on any atom is -0.392 e. The second-order valence-electron chi connectivity index (χ2n) is 5.79. The summed E-state index contributed by atoms with van der Waals surface area (Å²) in [7, 11) is -3.13. The summed E-state index contributed by atoms with van der Waals surface area (Å²) >= 11 is 0. The van der Waals surface area contributed by atoms with Crippen LogP contribution >= 0.6 is 0 Å². The van der Waals surface area contributed by atoms with Crippen molar-refractivity contribution in [3.8, 4) is 0 Å². The first-order valence-electron chi connectivity index (χ1n) is 6.05. The van der Waals surface area contributed by atoms with Gasteiger partial charge in [0.15, 0.2) is 9.84 Å². The zero-order chi connectivity index (χ0) is 12.6. The molecule has 0 saturated heterocycles. The Morgan fingerprint density at radius 1 is 1.31 bits per heavy atom. The van der Waals surface area contributed by atoms with Gasteiger partial charge in [-0.1, -0.05) is 27.2 Å². The molecule has 96 valence electrons. The molecule has 1 N–H and O–H groups in total. The van der Waals surface area contributed by atoms with Crippen molar-refractivity contribution >= 4 is 9.84 Å². The lowest BCUT2D eigenvalue weighted by atomic mass is 9.69. The van der Waals surface area contributed by atoms with E-state index in [9.17, 15) is 13.5 Å². The standard InChI is InChI=1S/C12H24O3S/c1-5-12(2,3)9-6-7-10(13)11(8-9)16(4,14)15/h9-11,13H,5-8H2,1-4H3. The van der Waals surface area contributed by atoms with Gasteiger partial charge in [0, 0.05) is 6.26 Å². The van der Waals surface area contributed by atoms with Crippen LogP contribution in [0.5, 0.6) is 0 Å². The minimum atomic E-state index is -3.13. The first-order valence-corrected chi connectivity index (χ1v) is 8.01. The van der Waals surface area contributed by atoms with Gasteiger partial charge in [-0.2, -0.15) is 0 Å². The summed E-state index contributed by atoms with van der Waals surface area (Å²) in [6, 6.07) is 0. The molecule has 0 heterocycles. The lowest BCUT2D eigenvalue weighted by molar-refractivity contribution is 0.0672. The van der Waals surface area contributed by atoms with Crippen LogP contribution in [0.1, 0.15) is 46.5 Å². The summed E-state index contributed by atoms with van der Waals surface area (Å²) in [5.41, 5.74) is 0.170. The molecule has 1 rings (SSSR count). The summed E-state index contributed by atoms with van der Waals surface area (Å²) in [6.07, 6.45) is 3.78. The van der Waals surface area contributed by atoms with E-state index in [-0.39, 0.29) is 5.41 Å². The van der Waals surface area contributed by atoms with E-state index >= 15 is 0 Å². The third-order valence-electron chi connectivity index (χ3n) is 4.32. The summed E-state index contributed by atoms with van der Waals surface area (Å²) in [4.78, 5) is 0. The van der Waals surface area contributed by atoms with Crippen LogP contribution in [0.15, 0.2) is 0 Å². The van der Waals surface area contributed by atoms with Crippen LogP contribution < -0.4 is 0 Å². The van der Waals surface area contributed by atoms with Crippen molar-refractivity contribution in [2.45, 2.75) is 57.8 Å². The molecule has 0 aromatic heterocycles. The Bertz CT molecular complexity index is 332. The van der Waals surface area contributed by atoms with Gasteiger partial charge in [0.1, 0.15) is 0 Å². The molecule has 0 aromatic carbocycles. The van der Waals surface area contributed by atoms with Crippen molar-refractivity contribution in [3.05, 3.63) is 0 Å². The molecule has 0 radical (unpaired) electrons. The molecule has 16 heavy (non-hydrogen) atoms. The second kappa shape index (κ2) is 4.65. The fraction of sp³-hybridized carbons (Fsp3) is 1.00. The van der Waals surface area contributed by atoms with E-state index in [0.717, 1.165) is 12.8 Å². The Labute approximate surface area is 99.2 Å². The molecule has 0 aliphatic heterocycles. The van der Waals surface area contributed by atoms with Crippen molar-refractivity contribution in [1.82, 2.24) is 0 Å². The van der Waals surface area contributed by atoms with E-state index < -0.39 is 21.2 Å². The van der Waals surface area contributed by atoms with Crippen LogP contribution in [0, 0.1) is 11.3 Å². The Balaban J connectivity index is 2.84. The molecule has 1 aliphatic carbocycles. The lowest BCUT2D eigenvalue weighted by Gasteiger charge is -2.40. The zero-order valence-corrected chi connectivity index (χ0v) is 11.5. The summed E-state index contributed by atoms with van der Waals surface area (Å²) in [5.74, 6) is 0.403. The molecule has 1 saturated carbocycles. The van der Waals surface area contributed by atoms with Crippen LogP contribution in [0.4, 0.5) is 0 Å². The number of aliphatic hydroxyl groups excluding tert-OH is 1. The molecule has 3 nitrogen and oxygen atoms in total. The molecular formula is C12H24O3S. The van der Waals surface area contributed by atoms with Crippen molar-refractivity contribution in [3.63, 3.8) is 0 Å². The van der Waals surface area contributed by atoms with Crippen LogP contribution in [0.3, 0.4) is 0 Å². The monoisotopic (exact) mass is 248 g/mol. The highest BCUT2D eigenvalue weighted by Crippen LogP contribution is 2.41. The van der Waals surface area contributed by atoms with Crippen LogP contribution in [-0.2, 0) is 9.84 Å². The third-order valence-corrected chi connectivity index (χ3v) is 5.93. The van der Waals surface area contributed by atoms with E-state index in [0.29, 0.717) is 18.8 Å². The topological polar surface area (TPSA) is 54.4 Å². The van der Waals surface area contributed by atoms with E-state index in [1.807, 2.05) is 0 Å². The van der Waals surface area contributed by atoms with E-state index in [4.69, 9.17) is 0 Å². The van der Waals surface area contributed by atoms with Crippen LogP contribution in [-0.4, -0.2) is 31.1 Å². The predicted octanol–water partition coefficient (Wildman–Crippen LogP) is 2.00. The predicted molar refractivity (Wildman–Crippen MR) is 66.1 cm³/mol. The summed E-state index contributed by atoms with van der Waals surface area (Å²) in [5, 5.41) is 9.22. The number of rotatable bonds is 3. The fourth-order valence-corrected chi connectivity index (χ4v) is 3.86. The quantitative estimate of drug-likeness (QED) is 0.831. The highest BCUT2D eigenvalue weighted by molar-refractivity contribution is 7.91. The van der Waals surface area contributed by atoms with Crippen molar-refractivity contribution in [2.24, 2.45) is 11.3 Å². The van der Waals surface area contributed by atoms with E-state index in [2.05, 4.69) is 20.8 Å². The molecule has 4 heteroatoms. The largest absolute Gasteiger partial charge is 0.392 e. The number of hydrogen-bond donors (Lipinski definition) is 1. The highest BCUT2D eigenvalue weighted by Gasteiger charge is 2.40. The van der Waals surface area contributed by atoms with E-state index in [1.54, 1.807) is 0 Å². The Morgan fingerprint density at radius 3 is 2.31 bits per heavy atom. The number of hydrogen-bond acceptors (Lipinski definition) is 3. The Kier molecular flexibility index (Phi) is 4.06. The summed E-state index contributed by atoms with van der Waals surface area (Å²) in [6.45, 7) is 6.52. The van der Waals surface area contributed by atoms with Gasteiger partial charge in [0.2, 0.25) is 0 Å². The summed E-state index contributed by atoms with van der Waals surface area (Å²) < 4.78 is 23.2. The van der Waals surface area contributed by atoms with Gasteiger partial charge in [-0.3, -0.25) is 0 Å². The van der Waals surface area contributed by atoms with Crippen molar-refractivity contribution in [2.75, 3.05) is 6.26 Å². The maximum atomic E-state index is 11.6. The maximum absolute atomic E-state index is 11.6. The Hall–Kier alpha value is -0.0900. The molecule has 1 fully saturated rings. The molecule has 0 aromatic rings. The van der Waals surface area contributed by atoms with Gasteiger partial charge < -0.3 is 5.11 Å². The van der Waals surface area contributed by atoms with Gasteiger partial charge in [0.25, 0.3) is 0 Å². The first-order chi connectivity index (χ1) is 7.18. The lowest BCUT2D eigenvalue weighted by Crippen LogP contribution is -2.42. The number of sulfone groups is 1. The molecular weight excluding hydrogens is 224 g/mol. The first kappa shape index (κ1) is 14.0. The van der Waals surface area contributed by atoms with Crippen LogP contribution in [0.25, 0.3) is 0 Å². The average molecular weight is 248 g/mol. The molecule has 3 atom stereocenters. The SMILES string of the molecule is CCC(C)(C)C1CCC(O)C(S(C)(=O)=O)C1. The van der Waals surface area contributed by atoms with E-state index in [1.165, 1.54) is 6.26 Å². The van der Waals surface area contributed by atoms with Gasteiger partial charge in [-0.25, -0.2) is 8.42 Å². The van der Waals surface area contributed by atoms with Gasteiger partial charge in [0.05, 0.1) is 11.4 Å². The molecule has 1 aliphatic rings. The highest BCUT2D eigenvalue weighted by atomic mass is 32.2. The average Bonchev–Trinajstić information content (AvgIpc) is 2.16. The smallest absolute Gasteiger partial charge is 0.152 e. The molecule has 3 unspecified atom stereocenters. The molecule has 0 amide bonds. The van der Waals surface area contributed by atoms with Crippen molar-refractivity contribution in [1.29, 1.82) is 0 Å². The molecule has 0 bridgehead atoms. The second-order valence-corrected chi connectivity index (χ2v) is 8.05. The zero-order valence-electron chi connectivity index (χ0n) is 10.7. The van der Waals surface area contributed by atoms with Gasteiger partial charge in [-0.05, 0) is 30.6 Å². The van der Waals surface area contributed by atoms with Gasteiger partial charge in [-0.15, -0.1) is 0 Å².